The van der Waals surface area contributed by atoms with Crippen molar-refractivity contribution in [1.82, 2.24) is 5.32 Å². The van der Waals surface area contributed by atoms with Gasteiger partial charge in [-0.15, -0.1) is 6.42 Å². The summed E-state index contributed by atoms with van der Waals surface area (Å²) in [5, 5.41) is 12.3. The van der Waals surface area contributed by atoms with Gasteiger partial charge in [-0.25, -0.2) is 0 Å². The van der Waals surface area contributed by atoms with Gasteiger partial charge in [-0.2, -0.15) is 0 Å². The molecule has 1 aliphatic rings. The van der Waals surface area contributed by atoms with E-state index in [1.54, 1.807) is 0 Å². The first-order chi connectivity index (χ1) is 9.54. The Bertz CT molecular complexity index is 376. The summed E-state index contributed by atoms with van der Waals surface area (Å²) in [5.41, 5.74) is -0.897. The van der Waals surface area contributed by atoms with Crippen molar-refractivity contribution in [2.24, 2.45) is 5.41 Å². The Hall–Kier alpha value is -1.50. The van der Waals surface area contributed by atoms with E-state index in [1.807, 2.05) is 6.92 Å². The first kappa shape index (κ1) is 16.6. The molecule has 4 nitrogen and oxygen atoms in total. The first-order valence-electron chi connectivity index (χ1n) is 7.53. The van der Waals surface area contributed by atoms with Crippen molar-refractivity contribution < 1.29 is 14.7 Å². The van der Waals surface area contributed by atoms with E-state index in [-0.39, 0.29) is 18.4 Å². The molecule has 20 heavy (non-hydrogen) atoms. The van der Waals surface area contributed by atoms with E-state index in [4.69, 9.17) is 6.42 Å². The van der Waals surface area contributed by atoms with E-state index in [0.29, 0.717) is 12.8 Å². The lowest BCUT2D eigenvalue weighted by Gasteiger charge is -2.27. The molecule has 0 aliphatic heterocycles. The fourth-order valence-electron chi connectivity index (χ4n) is 2.91. The van der Waals surface area contributed by atoms with Crippen LogP contribution in [0, 0.1) is 17.8 Å². The van der Waals surface area contributed by atoms with Gasteiger partial charge >= 0.3 is 5.97 Å². The van der Waals surface area contributed by atoms with Crippen LogP contribution < -0.4 is 5.32 Å². The van der Waals surface area contributed by atoms with Crippen LogP contribution in [-0.2, 0) is 9.59 Å². The highest BCUT2D eigenvalue weighted by atomic mass is 16.4. The minimum Gasteiger partial charge on any atom is -0.481 e. The largest absolute Gasteiger partial charge is 0.481 e. The molecule has 0 bridgehead atoms. The molecule has 0 saturated heterocycles. The van der Waals surface area contributed by atoms with E-state index in [0.717, 1.165) is 38.5 Å². The predicted octanol–water partition coefficient (Wildman–Crippen LogP) is 2.72. The lowest BCUT2D eigenvalue weighted by atomic mass is 9.77. The van der Waals surface area contributed by atoms with Crippen molar-refractivity contribution >= 4 is 11.9 Å². The average Bonchev–Trinajstić information content (AvgIpc) is 2.64. The van der Waals surface area contributed by atoms with Gasteiger partial charge in [0.25, 0.3) is 0 Å². The Morgan fingerprint density at radius 3 is 2.35 bits per heavy atom. The highest BCUT2D eigenvalue weighted by Gasteiger charge is 2.40. The number of carboxylic acids is 1. The number of carbonyl (C=O) groups is 2. The van der Waals surface area contributed by atoms with Gasteiger partial charge in [0.1, 0.15) is 0 Å². The highest BCUT2D eigenvalue weighted by molar-refractivity contribution is 5.85. The van der Waals surface area contributed by atoms with Gasteiger partial charge in [0.2, 0.25) is 5.91 Å². The Morgan fingerprint density at radius 1 is 1.30 bits per heavy atom. The minimum atomic E-state index is -0.897. The van der Waals surface area contributed by atoms with Crippen molar-refractivity contribution in [2.45, 2.75) is 70.8 Å². The fourth-order valence-corrected chi connectivity index (χ4v) is 2.91. The summed E-state index contributed by atoms with van der Waals surface area (Å²) in [6.45, 7) is 2.00. The molecule has 0 radical (unpaired) electrons. The summed E-state index contributed by atoms with van der Waals surface area (Å²) in [6.07, 6.45) is 12.1. The average molecular weight is 279 g/mol. The first-order valence-corrected chi connectivity index (χ1v) is 7.53. The summed E-state index contributed by atoms with van der Waals surface area (Å²) in [4.78, 5) is 23.7. The van der Waals surface area contributed by atoms with Crippen molar-refractivity contribution in [3.8, 4) is 12.3 Å². The van der Waals surface area contributed by atoms with E-state index in [9.17, 15) is 14.7 Å². The van der Waals surface area contributed by atoms with Crippen LogP contribution in [-0.4, -0.2) is 23.0 Å². The SMILES string of the molecule is C#CC(CCC)NC(=O)CC1(C(=O)O)CCCCCC1. The van der Waals surface area contributed by atoms with Gasteiger partial charge in [0, 0.05) is 6.42 Å². The maximum absolute atomic E-state index is 12.1. The number of terminal acetylenes is 1. The number of aliphatic carboxylic acids is 1. The molecule has 0 heterocycles. The van der Waals surface area contributed by atoms with Gasteiger partial charge in [-0.1, -0.05) is 44.9 Å². The molecule has 0 aromatic rings. The molecule has 1 rings (SSSR count). The van der Waals surface area contributed by atoms with Crippen LogP contribution in [0.15, 0.2) is 0 Å². The molecule has 1 atom stereocenters. The van der Waals surface area contributed by atoms with Crippen molar-refractivity contribution in [1.29, 1.82) is 0 Å². The molecule has 1 fully saturated rings. The Balaban J connectivity index is 2.68. The molecule has 0 spiro atoms. The van der Waals surface area contributed by atoms with Crippen LogP contribution >= 0.6 is 0 Å². The smallest absolute Gasteiger partial charge is 0.310 e. The number of carboxylic acid groups (broad SMARTS) is 1. The third-order valence-corrected chi connectivity index (χ3v) is 4.13. The Morgan fingerprint density at radius 2 is 1.90 bits per heavy atom. The summed E-state index contributed by atoms with van der Waals surface area (Å²) in [5.74, 6) is 1.47. The molecular formula is C16H25NO3. The highest BCUT2D eigenvalue weighted by Crippen LogP contribution is 2.38. The summed E-state index contributed by atoms with van der Waals surface area (Å²) < 4.78 is 0. The molecule has 112 valence electrons. The zero-order chi connectivity index (χ0) is 15.0. The second-order valence-electron chi connectivity index (χ2n) is 5.75. The summed E-state index contributed by atoms with van der Waals surface area (Å²) >= 11 is 0. The molecule has 4 heteroatoms. The van der Waals surface area contributed by atoms with Crippen molar-refractivity contribution in [3.63, 3.8) is 0 Å². The zero-order valence-corrected chi connectivity index (χ0v) is 12.3. The van der Waals surface area contributed by atoms with Crippen molar-refractivity contribution in [2.75, 3.05) is 0 Å². The van der Waals surface area contributed by atoms with Crippen LogP contribution in [0.2, 0.25) is 0 Å². The van der Waals surface area contributed by atoms with Gasteiger partial charge in [-0.05, 0) is 19.3 Å². The van der Waals surface area contributed by atoms with Gasteiger partial charge in [-0.3, -0.25) is 9.59 Å². The van der Waals surface area contributed by atoms with Crippen LogP contribution in [0.1, 0.15) is 64.7 Å². The number of carbonyl (C=O) groups excluding carboxylic acids is 1. The molecular weight excluding hydrogens is 254 g/mol. The lowest BCUT2D eigenvalue weighted by Crippen LogP contribution is -2.40. The molecule has 1 unspecified atom stereocenters. The Kier molecular flexibility index (Phi) is 6.57. The number of nitrogens with one attached hydrogen (secondary N) is 1. The van der Waals surface area contributed by atoms with E-state index < -0.39 is 11.4 Å². The van der Waals surface area contributed by atoms with E-state index >= 15 is 0 Å². The van der Waals surface area contributed by atoms with Crippen LogP contribution in [0.3, 0.4) is 0 Å². The Labute approximate surface area is 121 Å². The lowest BCUT2D eigenvalue weighted by molar-refractivity contribution is -0.153. The molecule has 1 amide bonds. The van der Waals surface area contributed by atoms with Crippen molar-refractivity contribution in [3.05, 3.63) is 0 Å². The van der Waals surface area contributed by atoms with Crippen LogP contribution in [0.5, 0.6) is 0 Å². The van der Waals surface area contributed by atoms with Crippen LogP contribution in [0.25, 0.3) is 0 Å². The topological polar surface area (TPSA) is 66.4 Å². The maximum atomic E-state index is 12.1. The molecule has 0 aromatic carbocycles. The van der Waals surface area contributed by atoms with Gasteiger partial charge in [0.05, 0.1) is 11.5 Å². The summed E-state index contributed by atoms with van der Waals surface area (Å²) in [6, 6.07) is -0.288. The molecule has 0 aromatic heterocycles. The molecule has 1 aliphatic carbocycles. The molecule has 2 N–H and O–H groups in total. The fraction of sp³-hybridized carbons (Fsp3) is 0.750. The second kappa shape index (κ2) is 7.94. The number of amides is 1. The van der Waals surface area contributed by atoms with Gasteiger partial charge < -0.3 is 10.4 Å². The van der Waals surface area contributed by atoms with Gasteiger partial charge in [0.15, 0.2) is 0 Å². The minimum absolute atomic E-state index is 0.0459. The number of hydrogen-bond donors (Lipinski definition) is 2. The quantitative estimate of drug-likeness (QED) is 0.580. The standard InChI is InChI=1S/C16H25NO3/c1-3-9-13(4-2)17-14(18)12-16(15(19)20)10-7-5-6-8-11-16/h2,13H,3,5-12H2,1H3,(H,17,18)(H,19,20). The third-order valence-electron chi connectivity index (χ3n) is 4.13. The summed E-state index contributed by atoms with van der Waals surface area (Å²) in [7, 11) is 0. The third kappa shape index (κ3) is 4.56. The second-order valence-corrected chi connectivity index (χ2v) is 5.75. The zero-order valence-electron chi connectivity index (χ0n) is 12.3. The predicted molar refractivity (Wildman–Crippen MR) is 78.1 cm³/mol. The van der Waals surface area contributed by atoms with E-state index in [2.05, 4.69) is 11.2 Å². The number of rotatable bonds is 6. The number of hydrogen-bond acceptors (Lipinski definition) is 2. The van der Waals surface area contributed by atoms with Crippen LogP contribution in [0.4, 0.5) is 0 Å². The normalized spacial score (nSPS) is 19.4. The van der Waals surface area contributed by atoms with E-state index in [1.165, 1.54) is 0 Å². The maximum Gasteiger partial charge on any atom is 0.310 e. The molecule has 1 saturated carbocycles. The monoisotopic (exact) mass is 279 g/mol.